The Morgan fingerprint density at radius 3 is 2.46 bits per heavy atom. The maximum absolute atomic E-state index is 13.0. The molecule has 132 valence electrons. The third kappa shape index (κ3) is 4.80. The molecular weight excluding hydrogens is 323 g/mol. The molecule has 2 rings (SSSR count). The lowest BCUT2D eigenvalue weighted by atomic mass is 10.2. The van der Waals surface area contributed by atoms with E-state index in [1.54, 1.807) is 11.8 Å². The Hall–Kier alpha value is -1.40. The quantitative estimate of drug-likeness (QED) is 0.623. The Kier molecular flexibility index (Phi) is 7.24. The topological polar surface area (TPSA) is 34.0 Å². The van der Waals surface area contributed by atoms with Crippen LogP contribution in [0.5, 0.6) is 0 Å². The van der Waals surface area contributed by atoms with Crippen molar-refractivity contribution in [2.45, 2.75) is 56.6 Å². The fourth-order valence-electron chi connectivity index (χ4n) is 2.69. The summed E-state index contributed by atoms with van der Waals surface area (Å²) in [5.41, 5.74) is 1.09. The van der Waals surface area contributed by atoms with Gasteiger partial charge >= 0.3 is 0 Å². The van der Waals surface area contributed by atoms with Gasteiger partial charge in [-0.25, -0.2) is 4.39 Å². The number of hydrogen-bond acceptors (Lipinski definition) is 4. The molecule has 0 aliphatic carbocycles. The van der Waals surface area contributed by atoms with Crippen LogP contribution in [0.15, 0.2) is 29.4 Å². The fourth-order valence-corrected chi connectivity index (χ4v) is 3.61. The third-order valence-electron chi connectivity index (χ3n) is 4.07. The maximum Gasteiger partial charge on any atom is 0.191 e. The lowest BCUT2D eigenvalue weighted by Gasteiger charge is -2.23. The Bertz CT molecular complexity index is 624. The van der Waals surface area contributed by atoms with Gasteiger partial charge in [-0.15, -0.1) is 10.2 Å². The van der Waals surface area contributed by atoms with E-state index in [9.17, 15) is 4.39 Å². The van der Waals surface area contributed by atoms with E-state index in [4.69, 9.17) is 0 Å². The molecule has 6 heteroatoms. The molecule has 0 spiro atoms. The first-order chi connectivity index (χ1) is 11.6. The standard InChI is InChI=1S/C18H27FN4S/c1-5-7-12-23-17(16(6-2)22(3)4)20-21-18(23)24-13-14-8-10-15(19)11-9-14/h8-11,16H,5-7,12-13H2,1-4H3. The van der Waals surface area contributed by atoms with Crippen LogP contribution in [0.4, 0.5) is 4.39 Å². The van der Waals surface area contributed by atoms with Crippen LogP contribution in [-0.4, -0.2) is 33.8 Å². The average molecular weight is 351 g/mol. The Morgan fingerprint density at radius 2 is 1.88 bits per heavy atom. The van der Waals surface area contributed by atoms with Gasteiger partial charge < -0.3 is 4.57 Å². The van der Waals surface area contributed by atoms with Gasteiger partial charge in [-0.1, -0.05) is 44.2 Å². The summed E-state index contributed by atoms with van der Waals surface area (Å²) < 4.78 is 15.3. The van der Waals surface area contributed by atoms with E-state index < -0.39 is 0 Å². The highest BCUT2D eigenvalue weighted by Gasteiger charge is 2.21. The molecule has 1 unspecified atom stereocenters. The van der Waals surface area contributed by atoms with Gasteiger partial charge in [0.2, 0.25) is 0 Å². The zero-order chi connectivity index (χ0) is 17.5. The van der Waals surface area contributed by atoms with Crippen molar-refractivity contribution in [1.82, 2.24) is 19.7 Å². The molecule has 2 aromatic rings. The summed E-state index contributed by atoms with van der Waals surface area (Å²) >= 11 is 1.67. The first-order valence-corrected chi connectivity index (χ1v) is 9.52. The van der Waals surface area contributed by atoms with Gasteiger partial charge in [-0.3, -0.25) is 4.90 Å². The summed E-state index contributed by atoms with van der Waals surface area (Å²) in [4.78, 5) is 2.20. The minimum absolute atomic E-state index is 0.200. The Balaban J connectivity index is 2.18. The maximum atomic E-state index is 13.0. The smallest absolute Gasteiger partial charge is 0.191 e. The van der Waals surface area contributed by atoms with Gasteiger partial charge in [-0.2, -0.15) is 0 Å². The highest BCUT2D eigenvalue weighted by molar-refractivity contribution is 7.98. The van der Waals surface area contributed by atoms with Crippen LogP contribution >= 0.6 is 11.8 Å². The Morgan fingerprint density at radius 1 is 1.17 bits per heavy atom. The number of nitrogens with zero attached hydrogens (tertiary/aromatic N) is 4. The van der Waals surface area contributed by atoms with E-state index >= 15 is 0 Å². The van der Waals surface area contributed by atoms with Crippen molar-refractivity contribution < 1.29 is 4.39 Å². The molecule has 0 aliphatic rings. The van der Waals surface area contributed by atoms with Crippen molar-refractivity contribution in [3.8, 4) is 0 Å². The lowest BCUT2D eigenvalue weighted by Crippen LogP contribution is -2.23. The van der Waals surface area contributed by atoms with Crippen LogP contribution in [0.1, 0.15) is 50.5 Å². The lowest BCUT2D eigenvalue weighted by molar-refractivity contribution is 0.270. The van der Waals surface area contributed by atoms with Crippen molar-refractivity contribution in [2.75, 3.05) is 14.1 Å². The number of unbranched alkanes of at least 4 members (excludes halogenated alkanes) is 1. The highest BCUT2D eigenvalue weighted by atomic mass is 32.2. The second kappa shape index (κ2) is 9.18. The number of aromatic nitrogens is 3. The largest absolute Gasteiger partial charge is 0.305 e. The van der Waals surface area contributed by atoms with Crippen molar-refractivity contribution in [3.05, 3.63) is 41.5 Å². The van der Waals surface area contributed by atoms with Crippen LogP contribution in [0.25, 0.3) is 0 Å². The van der Waals surface area contributed by atoms with E-state index in [0.717, 1.165) is 48.1 Å². The molecule has 0 bridgehead atoms. The molecule has 0 N–H and O–H groups in total. The molecular formula is C18H27FN4S. The van der Waals surface area contributed by atoms with E-state index in [-0.39, 0.29) is 11.9 Å². The van der Waals surface area contributed by atoms with Crippen molar-refractivity contribution in [1.29, 1.82) is 0 Å². The van der Waals surface area contributed by atoms with E-state index in [1.807, 2.05) is 12.1 Å². The second-order valence-corrected chi connectivity index (χ2v) is 7.09. The molecule has 0 aliphatic heterocycles. The molecule has 0 radical (unpaired) electrons. The molecule has 1 atom stereocenters. The van der Waals surface area contributed by atoms with Gasteiger partial charge in [0.05, 0.1) is 6.04 Å². The molecule has 1 aromatic carbocycles. The zero-order valence-corrected chi connectivity index (χ0v) is 15.8. The van der Waals surface area contributed by atoms with Crippen molar-refractivity contribution in [2.24, 2.45) is 0 Å². The third-order valence-corrected chi connectivity index (χ3v) is 5.11. The number of benzene rings is 1. The summed E-state index contributed by atoms with van der Waals surface area (Å²) in [5, 5.41) is 9.85. The van der Waals surface area contributed by atoms with E-state index in [1.165, 1.54) is 12.1 Å². The van der Waals surface area contributed by atoms with Gasteiger partial charge in [-0.05, 0) is 44.6 Å². The van der Waals surface area contributed by atoms with Gasteiger partial charge in [0.15, 0.2) is 11.0 Å². The summed E-state index contributed by atoms with van der Waals surface area (Å²) in [6.45, 7) is 5.31. The Labute approximate surface area is 148 Å². The SMILES string of the molecule is CCCCn1c(SCc2ccc(F)cc2)nnc1C(CC)N(C)C. The number of thioether (sulfide) groups is 1. The summed E-state index contributed by atoms with van der Waals surface area (Å²) in [7, 11) is 4.16. The first kappa shape index (κ1) is 18.9. The summed E-state index contributed by atoms with van der Waals surface area (Å²) in [5.74, 6) is 1.61. The normalized spacial score (nSPS) is 12.8. The van der Waals surface area contributed by atoms with Crippen LogP contribution < -0.4 is 0 Å². The van der Waals surface area contributed by atoms with E-state index in [0.29, 0.717) is 0 Å². The van der Waals surface area contributed by atoms with Crippen LogP contribution in [-0.2, 0) is 12.3 Å². The molecule has 0 saturated carbocycles. The van der Waals surface area contributed by atoms with Crippen molar-refractivity contribution in [3.63, 3.8) is 0 Å². The van der Waals surface area contributed by atoms with Crippen LogP contribution in [0.3, 0.4) is 0 Å². The average Bonchev–Trinajstić information content (AvgIpc) is 2.95. The molecule has 1 aromatic heterocycles. The van der Waals surface area contributed by atoms with Gasteiger partial charge in [0.25, 0.3) is 0 Å². The molecule has 0 saturated heterocycles. The fraction of sp³-hybridized carbons (Fsp3) is 0.556. The minimum atomic E-state index is -0.200. The van der Waals surface area contributed by atoms with Crippen LogP contribution in [0.2, 0.25) is 0 Å². The number of hydrogen-bond donors (Lipinski definition) is 0. The molecule has 24 heavy (non-hydrogen) atoms. The second-order valence-electron chi connectivity index (χ2n) is 6.15. The summed E-state index contributed by atoms with van der Waals surface area (Å²) in [6, 6.07) is 6.93. The monoisotopic (exact) mass is 350 g/mol. The highest BCUT2D eigenvalue weighted by Crippen LogP contribution is 2.27. The summed E-state index contributed by atoms with van der Waals surface area (Å²) in [6.07, 6.45) is 3.25. The predicted octanol–water partition coefficient (Wildman–Crippen LogP) is 4.52. The number of halogens is 1. The first-order valence-electron chi connectivity index (χ1n) is 8.53. The molecule has 1 heterocycles. The van der Waals surface area contributed by atoms with Crippen molar-refractivity contribution >= 4 is 11.8 Å². The molecule has 0 fully saturated rings. The minimum Gasteiger partial charge on any atom is -0.305 e. The van der Waals surface area contributed by atoms with Crippen LogP contribution in [0, 0.1) is 5.82 Å². The van der Waals surface area contributed by atoms with Gasteiger partial charge in [0, 0.05) is 12.3 Å². The van der Waals surface area contributed by atoms with Gasteiger partial charge in [0.1, 0.15) is 5.82 Å². The molecule has 4 nitrogen and oxygen atoms in total. The number of rotatable bonds is 9. The van der Waals surface area contributed by atoms with E-state index in [2.05, 4.69) is 47.6 Å². The predicted molar refractivity (Wildman–Crippen MR) is 97.6 cm³/mol. The molecule has 0 amide bonds. The zero-order valence-electron chi connectivity index (χ0n) is 15.0.